The summed E-state index contributed by atoms with van der Waals surface area (Å²) in [6.45, 7) is 9.78. The van der Waals surface area contributed by atoms with Gasteiger partial charge in [0.05, 0.1) is 6.10 Å². The molecule has 0 rings (SSSR count). The maximum Gasteiger partial charge on any atom is 0.0547 e. The molecule has 0 heterocycles. The fraction of sp³-hybridized carbons (Fsp3) is 1.00. The van der Waals surface area contributed by atoms with Crippen LogP contribution in [0, 0.1) is 0 Å². The molecule has 2 heteroatoms. The average molecular weight is 229 g/mol. The first-order chi connectivity index (χ1) is 7.81. The van der Waals surface area contributed by atoms with Gasteiger partial charge < -0.3 is 10.1 Å². The molecule has 0 saturated carbocycles. The molecule has 0 fully saturated rings. The molecule has 0 aliphatic carbocycles. The number of nitrogens with one attached hydrogen (secondary N) is 1. The third-order valence-corrected chi connectivity index (χ3v) is 2.79. The van der Waals surface area contributed by atoms with E-state index in [1.54, 1.807) is 0 Å². The Kier molecular flexibility index (Phi) is 12.9. The Labute approximate surface area is 102 Å². The summed E-state index contributed by atoms with van der Waals surface area (Å²) in [6, 6.07) is 0. The third-order valence-electron chi connectivity index (χ3n) is 2.79. The van der Waals surface area contributed by atoms with Crippen molar-refractivity contribution in [3.8, 4) is 0 Å². The van der Waals surface area contributed by atoms with Crippen molar-refractivity contribution in [3.63, 3.8) is 0 Å². The van der Waals surface area contributed by atoms with Crippen LogP contribution in [-0.4, -0.2) is 25.8 Å². The summed E-state index contributed by atoms with van der Waals surface area (Å²) >= 11 is 0. The maximum atomic E-state index is 5.76. The van der Waals surface area contributed by atoms with E-state index in [4.69, 9.17) is 4.74 Å². The molecule has 2 nitrogen and oxygen atoms in total. The number of unbranched alkanes of at least 4 members (excludes halogenated alkanes) is 3. The number of hydrogen-bond donors (Lipinski definition) is 1. The standard InChI is InChI=1S/C14H31NO/c1-4-6-7-8-10-14(3)16-13-9-12-15-11-5-2/h14-15H,4-13H2,1-3H3. The second kappa shape index (κ2) is 13.0. The summed E-state index contributed by atoms with van der Waals surface area (Å²) in [5.41, 5.74) is 0. The lowest BCUT2D eigenvalue weighted by Gasteiger charge is -2.12. The second-order valence-corrected chi connectivity index (χ2v) is 4.63. The molecule has 1 atom stereocenters. The summed E-state index contributed by atoms with van der Waals surface area (Å²) < 4.78 is 5.76. The van der Waals surface area contributed by atoms with E-state index < -0.39 is 0 Å². The third kappa shape index (κ3) is 12.0. The van der Waals surface area contributed by atoms with Crippen molar-refractivity contribution in [2.45, 2.75) is 71.8 Å². The zero-order valence-electron chi connectivity index (χ0n) is 11.6. The molecule has 1 unspecified atom stereocenters. The van der Waals surface area contributed by atoms with Crippen molar-refractivity contribution in [2.75, 3.05) is 19.7 Å². The van der Waals surface area contributed by atoms with Crippen LogP contribution in [0.2, 0.25) is 0 Å². The maximum absolute atomic E-state index is 5.76. The average Bonchev–Trinajstić information content (AvgIpc) is 2.29. The monoisotopic (exact) mass is 229 g/mol. The van der Waals surface area contributed by atoms with E-state index in [0.717, 1.165) is 26.1 Å². The fourth-order valence-corrected chi connectivity index (χ4v) is 1.73. The summed E-state index contributed by atoms with van der Waals surface area (Å²) in [7, 11) is 0. The predicted molar refractivity (Wildman–Crippen MR) is 72.0 cm³/mol. The molecule has 0 spiro atoms. The highest BCUT2D eigenvalue weighted by atomic mass is 16.5. The Morgan fingerprint density at radius 3 is 2.44 bits per heavy atom. The van der Waals surface area contributed by atoms with Crippen molar-refractivity contribution in [1.29, 1.82) is 0 Å². The second-order valence-electron chi connectivity index (χ2n) is 4.63. The van der Waals surface area contributed by atoms with Crippen LogP contribution in [-0.2, 0) is 4.74 Å². The van der Waals surface area contributed by atoms with E-state index in [0.29, 0.717) is 6.10 Å². The van der Waals surface area contributed by atoms with Crippen molar-refractivity contribution in [1.82, 2.24) is 5.32 Å². The zero-order chi connectivity index (χ0) is 12.1. The molecular formula is C14H31NO. The molecule has 0 saturated heterocycles. The molecule has 0 aliphatic rings. The SMILES string of the molecule is CCCCCCC(C)OCCCNCCC. The van der Waals surface area contributed by atoms with Crippen LogP contribution in [0.4, 0.5) is 0 Å². The molecule has 0 aromatic rings. The predicted octanol–water partition coefficient (Wildman–Crippen LogP) is 3.75. The van der Waals surface area contributed by atoms with E-state index in [-0.39, 0.29) is 0 Å². The highest BCUT2D eigenvalue weighted by Crippen LogP contribution is 2.07. The normalized spacial score (nSPS) is 12.9. The molecule has 1 N–H and O–H groups in total. The van der Waals surface area contributed by atoms with Gasteiger partial charge in [-0.1, -0.05) is 39.5 Å². The highest BCUT2D eigenvalue weighted by molar-refractivity contribution is 4.52. The highest BCUT2D eigenvalue weighted by Gasteiger charge is 2.01. The van der Waals surface area contributed by atoms with Crippen molar-refractivity contribution in [3.05, 3.63) is 0 Å². The molecule has 0 amide bonds. The van der Waals surface area contributed by atoms with Crippen LogP contribution >= 0.6 is 0 Å². The van der Waals surface area contributed by atoms with Crippen LogP contribution < -0.4 is 5.32 Å². The van der Waals surface area contributed by atoms with Crippen molar-refractivity contribution >= 4 is 0 Å². The minimum atomic E-state index is 0.447. The Balaban J connectivity index is 3.08. The molecular weight excluding hydrogens is 198 g/mol. The summed E-state index contributed by atoms with van der Waals surface area (Å²) in [6.07, 6.45) is 9.40. The van der Waals surface area contributed by atoms with Gasteiger partial charge in [-0.25, -0.2) is 0 Å². The molecule has 0 aromatic heterocycles. The molecule has 16 heavy (non-hydrogen) atoms. The Morgan fingerprint density at radius 1 is 0.938 bits per heavy atom. The van der Waals surface area contributed by atoms with E-state index in [2.05, 4.69) is 26.1 Å². The molecule has 98 valence electrons. The first-order valence-electron chi connectivity index (χ1n) is 7.13. The smallest absolute Gasteiger partial charge is 0.0547 e. The van der Waals surface area contributed by atoms with Gasteiger partial charge in [-0.2, -0.15) is 0 Å². The Hall–Kier alpha value is -0.0800. The van der Waals surface area contributed by atoms with E-state index in [1.807, 2.05) is 0 Å². The summed E-state index contributed by atoms with van der Waals surface area (Å²) in [5, 5.41) is 3.39. The lowest BCUT2D eigenvalue weighted by molar-refractivity contribution is 0.0570. The van der Waals surface area contributed by atoms with Crippen LogP contribution in [0.3, 0.4) is 0 Å². The van der Waals surface area contributed by atoms with E-state index in [1.165, 1.54) is 38.5 Å². The van der Waals surface area contributed by atoms with Crippen LogP contribution in [0.5, 0.6) is 0 Å². The lowest BCUT2D eigenvalue weighted by atomic mass is 10.1. The van der Waals surface area contributed by atoms with Crippen LogP contribution in [0.15, 0.2) is 0 Å². The minimum absolute atomic E-state index is 0.447. The Morgan fingerprint density at radius 2 is 1.75 bits per heavy atom. The molecule has 0 radical (unpaired) electrons. The van der Waals surface area contributed by atoms with Crippen molar-refractivity contribution in [2.24, 2.45) is 0 Å². The first kappa shape index (κ1) is 15.9. The minimum Gasteiger partial charge on any atom is -0.378 e. The van der Waals surface area contributed by atoms with Gasteiger partial charge in [-0.15, -0.1) is 0 Å². The van der Waals surface area contributed by atoms with E-state index in [9.17, 15) is 0 Å². The number of hydrogen-bond acceptors (Lipinski definition) is 2. The topological polar surface area (TPSA) is 21.3 Å². The summed E-state index contributed by atoms with van der Waals surface area (Å²) in [5.74, 6) is 0. The van der Waals surface area contributed by atoms with Gasteiger partial charge in [0.1, 0.15) is 0 Å². The quantitative estimate of drug-likeness (QED) is 0.515. The van der Waals surface area contributed by atoms with Crippen molar-refractivity contribution < 1.29 is 4.74 Å². The number of rotatable bonds is 12. The van der Waals surface area contributed by atoms with Gasteiger partial charge in [0, 0.05) is 6.61 Å². The Bertz CT molecular complexity index is 128. The number of ether oxygens (including phenoxy) is 1. The van der Waals surface area contributed by atoms with Gasteiger partial charge in [0.25, 0.3) is 0 Å². The van der Waals surface area contributed by atoms with E-state index >= 15 is 0 Å². The van der Waals surface area contributed by atoms with Crippen LogP contribution in [0.1, 0.15) is 65.7 Å². The molecule has 0 bridgehead atoms. The zero-order valence-corrected chi connectivity index (χ0v) is 11.6. The van der Waals surface area contributed by atoms with Gasteiger partial charge >= 0.3 is 0 Å². The molecule has 0 aliphatic heterocycles. The summed E-state index contributed by atoms with van der Waals surface area (Å²) in [4.78, 5) is 0. The van der Waals surface area contributed by atoms with Gasteiger partial charge in [-0.3, -0.25) is 0 Å². The lowest BCUT2D eigenvalue weighted by Crippen LogP contribution is -2.18. The van der Waals surface area contributed by atoms with Gasteiger partial charge in [-0.05, 0) is 39.3 Å². The largest absolute Gasteiger partial charge is 0.378 e. The first-order valence-corrected chi connectivity index (χ1v) is 7.13. The molecule has 0 aromatic carbocycles. The van der Waals surface area contributed by atoms with Gasteiger partial charge in [0.15, 0.2) is 0 Å². The van der Waals surface area contributed by atoms with Crippen LogP contribution in [0.25, 0.3) is 0 Å². The van der Waals surface area contributed by atoms with Gasteiger partial charge in [0.2, 0.25) is 0 Å². The fourth-order valence-electron chi connectivity index (χ4n) is 1.73.